The molecule has 3 rings (SSSR count). The molecule has 0 saturated heterocycles. The summed E-state index contributed by atoms with van der Waals surface area (Å²) in [5.41, 5.74) is 3.19. The predicted molar refractivity (Wildman–Crippen MR) is 163 cm³/mol. The van der Waals surface area contributed by atoms with Gasteiger partial charge in [0, 0.05) is 31.8 Å². The van der Waals surface area contributed by atoms with E-state index in [0.29, 0.717) is 0 Å². The largest absolute Gasteiger partial charge is 0.373 e. The van der Waals surface area contributed by atoms with Crippen molar-refractivity contribution in [1.82, 2.24) is 4.90 Å². The van der Waals surface area contributed by atoms with Crippen LogP contribution in [0.4, 0.5) is 0 Å². The number of hydrogen-bond acceptors (Lipinski definition) is 1. The van der Waals surface area contributed by atoms with Gasteiger partial charge in [0.15, 0.2) is 19.0 Å². The van der Waals surface area contributed by atoms with Crippen LogP contribution in [0.25, 0.3) is 0 Å². The third-order valence-electron chi connectivity index (χ3n) is 8.58. The second-order valence-corrected chi connectivity index (χ2v) is 12.1. The zero-order chi connectivity index (χ0) is 25.6. The van der Waals surface area contributed by atoms with Crippen molar-refractivity contribution in [3.63, 3.8) is 0 Å². The summed E-state index contributed by atoms with van der Waals surface area (Å²) in [6, 6.07) is 0. The summed E-state index contributed by atoms with van der Waals surface area (Å²) < 4.78 is 2.44. The predicted octanol–water partition coefficient (Wildman–Crippen LogP) is 9.91. The molecule has 0 unspecified atom stereocenters. The minimum atomic E-state index is 1.12. The number of hydrogen-bond donors (Lipinski definition) is 0. The number of nitrogens with zero attached hydrogens (tertiary/aromatic N) is 2. The molecule has 3 aliphatic heterocycles. The third kappa shape index (κ3) is 14.8. The van der Waals surface area contributed by atoms with Gasteiger partial charge in [0.05, 0.1) is 0 Å². The van der Waals surface area contributed by atoms with Gasteiger partial charge in [0.25, 0.3) is 0 Å². The summed E-state index contributed by atoms with van der Waals surface area (Å²) in [7, 11) is 0. The lowest BCUT2D eigenvalue weighted by Crippen LogP contribution is -2.21. The van der Waals surface area contributed by atoms with Crippen molar-refractivity contribution in [2.75, 3.05) is 26.2 Å². The molecule has 0 fully saturated rings. The number of allylic oxidation sites excluding steroid dienone is 4. The molecule has 0 saturated carbocycles. The highest BCUT2D eigenvalue weighted by Gasteiger charge is 2.11. The van der Waals surface area contributed by atoms with Crippen LogP contribution in [0, 0.1) is 0 Å². The van der Waals surface area contributed by atoms with E-state index < -0.39 is 0 Å². The van der Waals surface area contributed by atoms with Crippen LogP contribution >= 0.6 is 0 Å². The van der Waals surface area contributed by atoms with Gasteiger partial charge in [-0.25, -0.2) is 0 Å². The lowest BCUT2D eigenvalue weighted by Gasteiger charge is -2.23. The summed E-state index contributed by atoms with van der Waals surface area (Å²) in [6.07, 6.45) is 44.0. The van der Waals surface area contributed by atoms with E-state index in [1.54, 1.807) is 11.1 Å². The van der Waals surface area contributed by atoms with Crippen molar-refractivity contribution >= 4 is 5.87 Å². The number of rotatable bonds is 0. The summed E-state index contributed by atoms with van der Waals surface area (Å²) in [6.45, 7) is 4.68. The molecule has 0 N–H and O–H groups in total. The van der Waals surface area contributed by atoms with E-state index in [9.17, 15) is 0 Å². The zero-order valence-corrected chi connectivity index (χ0v) is 24.4. The molecule has 208 valence electrons. The average molecular weight is 508 g/mol. The van der Waals surface area contributed by atoms with Crippen molar-refractivity contribution in [2.24, 2.45) is 0 Å². The Labute approximate surface area is 230 Å². The molecule has 37 heavy (non-hydrogen) atoms. The summed E-state index contributed by atoms with van der Waals surface area (Å²) in [4.78, 5) is 2.56. The number of fused-ring (bicyclic) bond motifs is 3. The maximum absolute atomic E-state index is 3.47. The van der Waals surface area contributed by atoms with Crippen LogP contribution < -0.4 is 0 Å². The Morgan fingerprint density at radius 3 is 1.78 bits per heavy atom. The first kappa shape index (κ1) is 30.0. The van der Waals surface area contributed by atoms with E-state index in [1.807, 2.05) is 0 Å². The van der Waals surface area contributed by atoms with Gasteiger partial charge >= 0.3 is 0 Å². The Morgan fingerprint density at radius 1 is 0.595 bits per heavy atom. The molecule has 2 nitrogen and oxygen atoms in total. The first-order chi connectivity index (χ1) is 18.4. The maximum Gasteiger partial charge on any atom is 0.174 e. The molecule has 0 amide bonds. The van der Waals surface area contributed by atoms with Crippen LogP contribution in [-0.4, -0.2) is 41.5 Å². The van der Waals surface area contributed by atoms with Gasteiger partial charge in [-0.05, 0) is 55.7 Å². The van der Waals surface area contributed by atoms with Crippen LogP contribution in [-0.2, 0) is 0 Å². The molecule has 0 aromatic carbocycles. The zero-order valence-electron chi connectivity index (χ0n) is 24.4. The van der Waals surface area contributed by atoms with E-state index >= 15 is 0 Å². The van der Waals surface area contributed by atoms with Crippen LogP contribution in [0.3, 0.4) is 0 Å². The van der Waals surface area contributed by atoms with Crippen LogP contribution in [0.15, 0.2) is 41.7 Å². The molecule has 0 aliphatic carbocycles. The Bertz CT molecular complexity index is 749. The van der Waals surface area contributed by atoms with Gasteiger partial charge in [-0.3, -0.25) is 0 Å². The second kappa shape index (κ2) is 20.4. The van der Waals surface area contributed by atoms with Crippen molar-refractivity contribution in [2.45, 2.75) is 148 Å². The first-order valence-corrected chi connectivity index (χ1v) is 16.5. The maximum atomic E-state index is 3.47. The Morgan fingerprint density at radius 2 is 1.14 bits per heavy atom. The van der Waals surface area contributed by atoms with Gasteiger partial charge in [-0.1, -0.05) is 115 Å². The monoisotopic (exact) mass is 507 g/mol. The van der Waals surface area contributed by atoms with E-state index in [-0.39, 0.29) is 0 Å². The van der Waals surface area contributed by atoms with E-state index in [0.717, 1.165) is 13.1 Å². The molecule has 0 spiro atoms. The Balaban J connectivity index is 1.32. The molecule has 4 bridgehead atoms. The van der Waals surface area contributed by atoms with Crippen LogP contribution in [0.5, 0.6) is 0 Å². The lowest BCUT2D eigenvalue weighted by atomic mass is 10.0. The molecule has 0 aromatic rings. The van der Waals surface area contributed by atoms with E-state index in [4.69, 9.17) is 0 Å². The van der Waals surface area contributed by atoms with Crippen LogP contribution in [0.2, 0.25) is 0 Å². The van der Waals surface area contributed by atoms with E-state index in [1.165, 1.54) is 161 Å². The molecule has 0 aromatic heterocycles. The van der Waals surface area contributed by atoms with Gasteiger partial charge in [0.2, 0.25) is 0 Å². The highest BCUT2D eigenvalue weighted by molar-refractivity contribution is 5.51. The minimum absolute atomic E-state index is 1.12. The van der Waals surface area contributed by atoms with E-state index in [2.05, 4.69) is 45.8 Å². The van der Waals surface area contributed by atoms with Gasteiger partial charge < -0.3 is 4.90 Å². The van der Waals surface area contributed by atoms with Crippen molar-refractivity contribution < 1.29 is 4.58 Å². The first-order valence-electron chi connectivity index (χ1n) is 16.5. The van der Waals surface area contributed by atoms with Gasteiger partial charge in [-0.15, -0.1) is 0 Å². The highest BCUT2D eigenvalue weighted by atomic mass is 15.1. The SMILES string of the molecule is C1=CC=C2CCCCCCCCCCCCCCN3C=C(C=CC3)CCCCCCCCCCC[N+]=1C2. The standard InChI is InChI=1S/C35H59N2/c1-2-4-8-12-16-20-28-36-30-23-27-35(33-36)25-19-15-11-7-5-9-13-17-21-29-37-31-22-26-34(32-37)24-18-14-10-6-3-1/h22-23,26-27,33H,1-21,24-25,28-30,32H2/q+1. The Hall–Kier alpha value is -1.53. The van der Waals surface area contributed by atoms with Crippen molar-refractivity contribution in [1.29, 1.82) is 0 Å². The average Bonchev–Trinajstić information content (AvgIpc) is 2.92. The third-order valence-corrected chi connectivity index (χ3v) is 8.58. The fraction of sp³-hybridized carbons (Fsp3) is 0.771. The molecule has 0 atom stereocenters. The lowest BCUT2D eigenvalue weighted by molar-refractivity contribution is -0.514. The van der Waals surface area contributed by atoms with Gasteiger partial charge in [0.1, 0.15) is 0 Å². The molecule has 0 radical (unpaired) electrons. The summed E-state index contributed by atoms with van der Waals surface area (Å²) in [5, 5.41) is 0. The topological polar surface area (TPSA) is 6.25 Å². The smallest absolute Gasteiger partial charge is 0.174 e. The fourth-order valence-electron chi connectivity index (χ4n) is 6.19. The summed E-state index contributed by atoms with van der Waals surface area (Å²) >= 11 is 0. The minimum Gasteiger partial charge on any atom is -0.373 e. The fourth-order valence-corrected chi connectivity index (χ4v) is 6.19. The molecule has 3 aliphatic rings. The highest BCUT2D eigenvalue weighted by Crippen LogP contribution is 2.19. The van der Waals surface area contributed by atoms with Crippen molar-refractivity contribution in [3.05, 3.63) is 41.7 Å². The Kier molecular flexibility index (Phi) is 16.6. The molecular formula is C35H59N2+. The normalized spacial score (nSPS) is 23.8. The molecular weight excluding hydrogens is 448 g/mol. The summed E-state index contributed by atoms with van der Waals surface area (Å²) in [5.74, 6) is 3.47. The van der Waals surface area contributed by atoms with Crippen LogP contribution in [0.1, 0.15) is 148 Å². The van der Waals surface area contributed by atoms with Crippen molar-refractivity contribution in [3.8, 4) is 0 Å². The second-order valence-electron chi connectivity index (χ2n) is 12.1. The van der Waals surface area contributed by atoms with Gasteiger partial charge in [-0.2, -0.15) is 4.58 Å². The molecule has 3 heterocycles. The quantitative estimate of drug-likeness (QED) is 0.296. The molecule has 2 heteroatoms.